The van der Waals surface area contributed by atoms with Gasteiger partial charge in [-0.25, -0.2) is 0 Å². The number of halogens is 1. The zero-order valence-electron chi connectivity index (χ0n) is 15.3. The van der Waals surface area contributed by atoms with Gasteiger partial charge in [-0.2, -0.15) is 11.8 Å². The molecule has 0 bridgehead atoms. The maximum absolute atomic E-state index is 12.1. The van der Waals surface area contributed by atoms with Crippen molar-refractivity contribution < 1.29 is 9.21 Å². The van der Waals surface area contributed by atoms with Crippen molar-refractivity contribution in [1.82, 2.24) is 15.5 Å². The van der Waals surface area contributed by atoms with Gasteiger partial charge in [-0.15, -0.1) is 24.0 Å². The summed E-state index contributed by atoms with van der Waals surface area (Å²) in [5.41, 5.74) is 0. The summed E-state index contributed by atoms with van der Waals surface area (Å²) in [5, 5.41) is 6.74. The smallest absolute Gasteiger partial charge is 0.223 e. The fourth-order valence-corrected chi connectivity index (χ4v) is 3.40. The Labute approximate surface area is 177 Å². The molecule has 26 heavy (non-hydrogen) atoms. The molecule has 6 nitrogen and oxygen atoms in total. The second-order valence-corrected chi connectivity index (χ2v) is 7.70. The van der Waals surface area contributed by atoms with Crippen molar-refractivity contribution in [2.75, 3.05) is 38.2 Å². The van der Waals surface area contributed by atoms with E-state index in [4.69, 9.17) is 9.41 Å². The van der Waals surface area contributed by atoms with Crippen LogP contribution in [-0.2, 0) is 11.2 Å². The number of guanidine groups is 1. The van der Waals surface area contributed by atoms with Crippen LogP contribution < -0.4 is 10.6 Å². The van der Waals surface area contributed by atoms with Crippen LogP contribution in [0.4, 0.5) is 0 Å². The Bertz CT molecular complexity index is 578. The molecule has 1 aromatic rings. The number of nitrogens with zero attached hydrogens (tertiary/aromatic N) is 2. The summed E-state index contributed by atoms with van der Waals surface area (Å²) in [4.78, 5) is 18.8. The fourth-order valence-electron chi connectivity index (χ4n) is 3.10. The highest BCUT2D eigenvalue weighted by Gasteiger charge is 2.39. The van der Waals surface area contributed by atoms with Gasteiger partial charge in [0, 0.05) is 56.7 Å². The Morgan fingerprint density at radius 1 is 1.38 bits per heavy atom. The van der Waals surface area contributed by atoms with Crippen molar-refractivity contribution in [2.45, 2.75) is 31.7 Å². The summed E-state index contributed by atoms with van der Waals surface area (Å²) in [6.07, 6.45) is 7.62. The number of hydrogen-bond donors (Lipinski definition) is 2. The average Bonchev–Trinajstić information content (AvgIpc) is 3.18. The quantitative estimate of drug-likeness (QED) is 0.240. The van der Waals surface area contributed by atoms with E-state index in [0.717, 1.165) is 43.5 Å². The SMILES string of the molecule is CSCCNC(=NCC1CC(=O)N(C2CC2)C1)NCCc1ccco1.I. The van der Waals surface area contributed by atoms with E-state index >= 15 is 0 Å². The predicted octanol–water partition coefficient (Wildman–Crippen LogP) is 2.35. The number of rotatable bonds is 9. The van der Waals surface area contributed by atoms with Crippen LogP contribution >= 0.6 is 35.7 Å². The van der Waals surface area contributed by atoms with E-state index in [1.807, 2.05) is 23.9 Å². The highest BCUT2D eigenvalue weighted by molar-refractivity contribution is 14.0. The zero-order valence-corrected chi connectivity index (χ0v) is 18.4. The molecule has 8 heteroatoms. The number of thioether (sulfide) groups is 1. The normalized spacial score (nSPS) is 20.2. The Balaban J connectivity index is 0.00000243. The van der Waals surface area contributed by atoms with Crippen LogP contribution in [0.3, 0.4) is 0 Å². The molecule has 146 valence electrons. The van der Waals surface area contributed by atoms with E-state index in [-0.39, 0.29) is 24.0 Å². The van der Waals surface area contributed by atoms with Crippen molar-refractivity contribution in [2.24, 2.45) is 10.9 Å². The van der Waals surface area contributed by atoms with Crippen LogP contribution in [0.15, 0.2) is 27.8 Å². The third kappa shape index (κ3) is 6.68. The number of carbonyl (C=O) groups is 1. The first-order valence-electron chi connectivity index (χ1n) is 9.09. The molecular formula is C18H29IN4O2S. The van der Waals surface area contributed by atoms with E-state index in [0.29, 0.717) is 30.8 Å². The Morgan fingerprint density at radius 2 is 2.19 bits per heavy atom. The minimum absolute atomic E-state index is 0. The molecule has 1 atom stereocenters. The molecule has 2 N–H and O–H groups in total. The summed E-state index contributed by atoms with van der Waals surface area (Å²) < 4.78 is 5.36. The molecule has 2 aliphatic rings. The molecule has 1 unspecified atom stereocenters. The van der Waals surface area contributed by atoms with Crippen molar-refractivity contribution in [3.05, 3.63) is 24.2 Å². The maximum Gasteiger partial charge on any atom is 0.223 e. The standard InChI is InChI=1S/C18H28N4O2S.HI/c1-25-10-8-20-18(19-7-6-16-3-2-9-24-16)21-12-14-11-17(23)22(13-14)15-4-5-15;/h2-3,9,14-15H,4-8,10-13H2,1H3,(H2,19,20,21);1H. The third-order valence-corrected chi connectivity index (χ3v) is 5.19. The van der Waals surface area contributed by atoms with Gasteiger partial charge in [-0.05, 0) is 31.2 Å². The van der Waals surface area contributed by atoms with Gasteiger partial charge in [-0.3, -0.25) is 9.79 Å². The predicted molar refractivity (Wildman–Crippen MR) is 117 cm³/mol. The van der Waals surface area contributed by atoms with E-state index in [9.17, 15) is 4.79 Å². The lowest BCUT2D eigenvalue weighted by molar-refractivity contribution is -0.128. The van der Waals surface area contributed by atoms with Crippen LogP contribution in [0.2, 0.25) is 0 Å². The molecule has 2 fully saturated rings. The first kappa shape index (κ1) is 21.4. The monoisotopic (exact) mass is 492 g/mol. The molecule has 1 saturated carbocycles. The molecule has 1 aliphatic carbocycles. The van der Waals surface area contributed by atoms with Crippen LogP contribution in [0.5, 0.6) is 0 Å². The molecule has 0 radical (unpaired) electrons. The van der Waals surface area contributed by atoms with Crippen molar-refractivity contribution in [3.63, 3.8) is 0 Å². The summed E-state index contributed by atoms with van der Waals surface area (Å²) in [6.45, 7) is 3.23. The number of hydrogen-bond acceptors (Lipinski definition) is 4. The number of aliphatic imine (C=N–C) groups is 1. The first-order chi connectivity index (χ1) is 12.3. The highest BCUT2D eigenvalue weighted by Crippen LogP contribution is 2.32. The van der Waals surface area contributed by atoms with Crippen molar-refractivity contribution in [3.8, 4) is 0 Å². The summed E-state index contributed by atoms with van der Waals surface area (Å²) in [6, 6.07) is 4.41. The number of likely N-dealkylation sites (tertiary alicyclic amines) is 1. The molecule has 0 spiro atoms. The van der Waals surface area contributed by atoms with E-state index in [1.54, 1.807) is 6.26 Å². The lowest BCUT2D eigenvalue weighted by Gasteiger charge is -2.15. The van der Waals surface area contributed by atoms with Gasteiger partial charge >= 0.3 is 0 Å². The molecule has 1 aromatic heterocycles. The Morgan fingerprint density at radius 3 is 2.88 bits per heavy atom. The zero-order chi connectivity index (χ0) is 17.5. The summed E-state index contributed by atoms with van der Waals surface area (Å²) in [5.74, 6) is 3.49. The van der Waals surface area contributed by atoms with Gasteiger partial charge in [0.25, 0.3) is 0 Å². The minimum atomic E-state index is 0. The van der Waals surface area contributed by atoms with Gasteiger partial charge in [-0.1, -0.05) is 0 Å². The highest BCUT2D eigenvalue weighted by atomic mass is 127. The Hall–Kier alpha value is -0.900. The number of amides is 1. The molecule has 3 rings (SSSR count). The minimum Gasteiger partial charge on any atom is -0.469 e. The van der Waals surface area contributed by atoms with Gasteiger partial charge in [0.2, 0.25) is 5.91 Å². The molecule has 1 saturated heterocycles. The van der Waals surface area contributed by atoms with Crippen LogP contribution in [0.1, 0.15) is 25.0 Å². The summed E-state index contributed by atoms with van der Waals surface area (Å²) in [7, 11) is 0. The summed E-state index contributed by atoms with van der Waals surface area (Å²) >= 11 is 1.81. The third-order valence-electron chi connectivity index (χ3n) is 4.58. The largest absolute Gasteiger partial charge is 0.469 e. The van der Waals surface area contributed by atoms with Crippen LogP contribution in [0.25, 0.3) is 0 Å². The number of carbonyl (C=O) groups excluding carboxylic acids is 1. The number of nitrogens with one attached hydrogen (secondary N) is 2. The first-order valence-corrected chi connectivity index (χ1v) is 10.5. The van der Waals surface area contributed by atoms with E-state index in [1.165, 1.54) is 12.8 Å². The van der Waals surface area contributed by atoms with Crippen molar-refractivity contribution in [1.29, 1.82) is 0 Å². The Kier molecular flexibility index (Phi) is 9.10. The molecule has 0 aromatic carbocycles. The lowest BCUT2D eigenvalue weighted by atomic mass is 10.1. The van der Waals surface area contributed by atoms with E-state index < -0.39 is 0 Å². The second kappa shape index (κ2) is 11.1. The maximum atomic E-state index is 12.1. The van der Waals surface area contributed by atoms with Crippen molar-refractivity contribution >= 4 is 47.6 Å². The molecule has 1 aliphatic heterocycles. The topological polar surface area (TPSA) is 69.9 Å². The molecular weight excluding hydrogens is 463 g/mol. The van der Waals surface area contributed by atoms with Crippen LogP contribution in [0, 0.1) is 5.92 Å². The molecule has 1 amide bonds. The van der Waals surface area contributed by atoms with Gasteiger partial charge in [0.1, 0.15) is 5.76 Å². The van der Waals surface area contributed by atoms with Gasteiger partial charge < -0.3 is 20.0 Å². The van der Waals surface area contributed by atoms with Gasteiger partial charge in [0.05, 0.1) is 6.26 Å². The lowest BCUT2D eigenvalue weighted by Crippen LogP contribution is -2.40. The molecule has 2 heterocycles. The number of furan rings is 1. The fraction of sp³-hybridized carbons (Fsp3) is 0.667. The van der Waals surface area contributed by atoms with Crippen LogP contribution in [-0.4, -0.2) is 61.0 Å². The van der Waals surface area contributed by atoms with Gasteiger partial charge in [0.15, 0.2) is 5.96 Å². The van der Waals surface area contributed by atoms with E-state index in [2.05, 4.69) is 21.8 Å². The second-order valence-electron chi connectivity index (χ2n) is 6.71. The average molecular weight is 492 g/mol.